The Morgan fingerprint density at radius 1 is 1.10 bits per heavy atom. The molecule has 1 aromatic heterocycles. The van der Waals surface area contributed by atoms with E-state index in [0.717, 1.165) is 17.2 Å². The molecule has 1 aromatic carbocycles. The quantitative estimate of drug-likeness (QED) is 0.776. The number of alkyl halides is 1. The lowest BCUT2D eigenvalue weighted by atomic mass is 10.0. The highest BCUT2D eigenvalue weighted by molar-refractivity contribution is 6.16. The molecule has 3 nitrogen and oxygen atoms in total. The smallest absolute Gasteiger partial charge is 0.164 e. The maximum atomic E-state index is 5.98. The molecule has 0 unspecified atom stereocenters. The Hall–Kier alpha value is -1.35. The van der Waals surface area contributed by atoms with Gasteiger partial charge in [-0.15, -0.1) is 21.8 Å². The van der Waals surface area contributed by atoms with Crippen LogP contribution in [0.2, 0.25) is 0 Å². The highest BCUT2D eigenvalue weighted by Crippen LogP contribution is 2.27. The SMILES string of the molecule is CC(C)c1ccc(-c2nnc(CCl)n2C(C)(C)C)cc1. The van der Waals surface area contributed by atoms with Crippen molar-refractivity contribution in [3.8, 4) is 11.4 Å². The zero-order valence-electron chi connectivity index (χ0n) is 12.8. The Bertz CT molecular complexity index is 577. The van der Waals surface area contributed by atoms with Gasteiger partial charge in [0.1, 0.15) is 5.82 Å². The van der Waals surface area contributed by atoms with Crippen LogP contribution in [0.3, 0.4) is 0 Å². The summed E-state index contributed by atoms with van der Waals surface area (Å²) in [5, 5.41) is 8.54. The summed E-state index contributed by atoms with van der Waals surface area (Å²) in [5.74, 6) is 2.59. The minimum Gasteiger partial charge on any atom is -0.305 e. The van der Waals surface area contributed by atoms with E-state index in [4.69, 9.17) is 11.6 Å². The van der Waals surface area contributed by atoms with Gasteiger partial charge in [-0.25, -0.2) is 0 Å². The van der Waals surface area contributed by atoms with E-state index in [2.05, 4.69) is 73.6 Å². The van der Waals surface area contributed by atoms with Crippen LogP contribution in [0, 0.1) is 0 Å². The Morgan fingerprint density at radius 3 is 2.15 bits per heavy atom. The Morgan fingerprint density at radius 2 is 1.70 bits per heavy atom. The lowest BCUT2D eigenvalue weighted by Crippen LogP contribution is -2.24. The average molecular weight is 292 g/mol. The molecule has 0 atom stereocenters. The minimum atomic E-state index is -0.0974. The van der Waals surface area contributed by atoms with E-state index in [1.807, 2.05) is 0 Å². The fourth-order valence-corrected chi connectivity index (χ4v) is 2.49. The fraction of sp³-hybridized carbons (Fsp3) is 0.500. The summed E-state index contributed by atoms with van der Waals surface area (Å²) >= 11 is 5.98. The molecular weight excluding hydrogens is 270 g/mol. The first kappa shape index (κ1) is 15.0. The zero-order valence-corrected chi connectivity index (χ0v) is 13.6. The first-order chi connectivity index (χ1) is 9.34. The van der Waals surface area contributed by atoms with Crippen molar-refractivity contribution in [3.63, 3.8) is 0 Å². The topological polar surface area (TPSA) is 30.7 Å². The lowest BCUT2D eigenvalue weighted by molar-refractivity contribution is 0.390. The molecule has 0 aliphatic carbocycles. The zero-order chi connectivity index (χ0) is 14.9. The standard InChI is InChI=1S/C16H22ClN3/c1-11(2)12-6-8-13(9-7-12)15-19-18-14(10-17)20(15)16(3,4)5/h6-9,11H,10H2,1-5H3. The fourth-order valence-electron chi connectivity index (χ4n) is 2.31. The summed E-state index contributed by atoms with van der Waals surface area (Å²) in [5.41, 5.74) is 2.31. The minimum absolute atomic E-state index is 0.0974. The van der Waals surface area contributed by atoms with Crippen LogP contribution in [-0.4, -0.2) is 14.8 Å². The second kappa shape index (κ2) is 5.57. The summed E-state index contributed by atoms with van der Waals surface area (Å²) in [6.07, 6.45) is 0. The number of halogens is 1. The van der Waals surface area contributed by atoms with E-state index in [-0.39, 0.29) is 5.54 Å². The van der Waals surface area contributed by atoms with Crippen molar-refractivity contribution in [3.05, 3.63) is 35.7 Å². The van der Waals surface area contributed by atoms with Crippen molar-refractivity contribution in [2.24, 2.45) is 0 Å². The molecule has 1 heterocycles. The van der Waals surface area contributed by atoms with Crippen molar-refractivity contribution < 1.29 is 0 Å². The van der Waals surface area contributed by atoms with E-state index in [0.29, 0.717) is 11.8 Å². The van der Waals surface area contributed by atoms with Crippen molar-refractivity contribution in [2.75, 3.05) is 0 Å². The van der Waals surface area contributed by atoms with E-state index in [1.54, 1.807) is 0 Å². The van der Waals surface area contributed by atoms with Gasteiger partial charge in [0, 0.05) is 11.1 Å². The summed E-state index contributed by atoms with van der Waals surface area (Å²) in [4.78, 5) is 0. The number of hydrogen-bond donors (Lipinski definition) is 0. The molecule has 0 fully saturated rings. The molecule has 0 saturated carbocycles. The van der Waals surface area contributed by atoms with Gasteiger partial charge in [-0.2, -0.15) is 0 Å². The molecule has 2 aromatic rings. The third kappa shape index (κ3) is 2.88. The van der Waals surface area contributed by atoms with Crippen molar-refractivity contribution >= 4 is 11.6 Å². The van der Waals surface area contributed by atoms with Crippen LogP contribution in [0.5, 0.6) is 0 Å². The van der Waals surface area contributed by atoms with Crippen LogP contribution in [0.15, 0.2) is 24.3 Å². The summed E-state index contributed by atoms with van der Waals surface area (Å²) in [6.45, 7) is 10.8. The molecular formula is C16H22ClN3. The predicted molar refractivity (Wildman–Crippen MR) is 84.1 cm³/mol. The molecule has 20 heavy (non-hydrogen) atoms. The number of benzene rings is 1. The van der Waals surface area contributed by atoms with Crippen LogP contribution < -0.4 is 0 Å². The van der Waals surface area contributed by atoms with Gasteiger partial charge in [-0.3, -0.25) is 0 Å². The van der Waals surface area contributed by atoms with Crippen LogP contribution in [-0.2, 0) is 11.4 Å². The van der Waals surface area contributed by atoms with E-state index < -0.39 is 0 Å². The molecule has 108 valence electrons. The Kier molecular flexibility index (Phi) is 4.19. The number of aromatic nitrogens is 3. The van der Waals surface area contributed by atoms with Crippen LogP contribution in [0.1, 0.15) is 51.9 Å². The molecule has 4 heteroatoms. The van der Waals surface area contributed by atoms with Gasteiger partial charge in [0.25, 0.3) is 0 Å². The third-order valence-corrected chi connectivity index (χ3v) is 3.60. The van der Waals surface area contributed by atoms with E-state index >= 15 is 0 Å². The van der Waals surface area contributed by atoms with Crippen LogP contribution >= 0.6 is 11.6 Å². The van der Waals surface area contributed by atoms with Gasteiger partial charge in [0.2, 0.25) is 0 Å². The van der Waals surface area contributed by atoms with E-state index in [9.17, 15) is 0 Å². The lowest BCUT2D eigenvalue weighted by Gasteiger charge is -2.24. The Balaban J connectivity index is 2.50. The number of hydrogen-bond acceptors (Lipinski definition) is 2. The van der Waals surface area contributed by atoms with Gasteiger partial charge >= 0.3 is 0 Å². The monoisotopic (exact) mass is 291 g/mol. The second-order valence-corrected chi connectivity index (χ2v) is 6.62. The predicted octanol–water partition coefficient (Wildman–Crippen LogP) is 4.56. The molecule has 2 rings (SSSR count). The van der Waals surface area contributed by atoms with Crippen molar-refractivity contribution in [1.29, 1.82) is 0 Å². The van der Waals surface area contributed by atoms with Crippen LogP contribution in [0.25, 0.3) is 11.4 Å². The highest BCUT2D eigenvalue weighted by Gasteiger charge is 2.23. The maximum absolute atomic E-state index is 5.98. The van der Waals surface area contributed by atoms with Crippen molar-refractivity contribution in [2.45, 2.75) is 52.0 Å². The van der Waals surface area contributed by atoms with Gasteiger partial charge in [0.15, 0.2) is 5.82 Å². The maximum Gasteiger partial charge on any atom is 0.164 e. The highest BCUT2D eigenvalue weighted by atomic mass is 35.5. The van der Waals surface area contributed by atoms with E-state index in [1.165, 1.54) is 5.56 Å². The molecule has 0 N–H and O–H groups in total. The summed E-state index contributed by atoms with van der Waals surface area (Å²) in [7, 11) is 0. The molecule has 0 spiro atoms. The molecule has 0 amide bonds. The first-order valence-electron chi connectivity index (χ1n) is 6.95. The summed E-state index contributed by atoms with van der Waals surface area (Å²) < 4.78 is 2.12. The Labute approximate surface area is 126 Å². The largest absolute Gasteiger partial charge is 0.305 e. The molecule has 0 aliphatic heterocycles. The molecule has 0 bridgehead atoms. The molecule has 0 radical (unpaired) electrons. The normalized spacial score (nSPS) is 12.2. The van der Waals surface area contributed by atoms with Gasteiger partial charge in [-0.1, -0.05) is 38.1 Å². The molecule has 0 aliphatic rings. The number of rotatable bonds is 3. The van der Waals surface area contributed by atoms with Crippen molar-refractivity contribution in [1.82, 2.24) is 14.8 Å². The van der Waals surface area contributed by atoms with Gasteiger partial charge in [0.05, 0.1) is 5.88 Å². The summed E-state index contributed by atoms with van der Waals surface area (Å²) in [6, 6.07) is 8.53. The first-order valence-corrected chi connectivity index (χ1v) is 7.49. The van der Waals surface area contributed by atoms with Gasteiger partial charge < -0.3 is 4.57 Å². The molecule has 0 saturated heterocycles. The average Bonchev–Trinajstić information content (AvgIpc) is 2.82. The number of nitrogens with zero attached hydrogens (tertiary/aromatic N) is 3. The third-order valence-electron chi connectivity index (χ3n) is 3.36. The van der Waals surface area contributed by atoms with Crippen LogP contribution in [0.4, 0.5) is 0 Å². The van der Waals surface area contributed by atoms with Gasteiger partial charge in [-0.05, 0) is 32.3 Å². The second-order valence-electron chi connectivity index (χ2n) is 6.36.